The Morgan fingerprint density at radius 3 is 2.36 bits per heavy atom. The molecule has 2 aromatic carbocycles. The number of aromatic nitrogens is 4. The first kappa shape index (κ1) is 29.4. The minimum atomic E-state index is -4.19. The van der Waals surface area contributed by atoms with E-state index in [-0.39, 0.29) is 23.5 Å². The molecule has 16 nitrogen and oxygen atoms in total. The first-order valence-electron chi connectivity index (χ1n) is 13.5. The second-order valence-corrected chi connectivity index (χ2v) is 11.8. The number of nitrogens with zero attached hydrogens (tertiary/aromatic N) is 5. The Bertz CT molecular complexity index is 1760. The van der Waals surface area contributed by atoms with Crippen LogP contribution in [0.2, 0.25) is 0 Å². The molecule has 6 N–H and O–H groups in total. The zero-order valence-corrected chi connectivity index (χ0v) is 23.9. The van der Waals surface area contributed by atoms with Gasteiger partial charge in [-0.3, -0.25) is 9.47 Å². The van der Waals surface area contributed by atoms with Gasteiger partial charge >= 0.3 is 12.1 Å². The number of anilines is 2. The lowest BCUT2D eigenvalue weighted by atomic mass is 10.1. The molecule has 2 aromatic heterocycles. The zero-order valence-electron chi connectivity index (χ0n) is 23.1. The number of nitrogens with two attached hydrogens (primary N) is 2. The quantitative estimate of drug-likeness (QED) is 0.207. The van der Waals surface area contributed by atoms with Crippen LogP contribution >= 0.6 is 0 Å². The number of fused-ring (bicyclic) bond motifs is 2. The maximum absolute atomic E-state index is 13.3. The van der Waals surface area contributed by atoms with Crippen molar-refractivity contribution in [1.82, 2.24) is 24.8 Å². The van der Waals surface area contributed by atoms with E-state index >= 15 is 0 Å². The predicted octanol–water partition coefficient (Wildman–Crippen LogP) is 1.03. The number of carbonyl (C=O) groups is 2. The Labute approximate surface area is 251 Å². The summed E-state index contributed by atoms with van der Waals surface area (Å²) in [6.07, 6.45) is -0.188. The molecule has 0 radical (unpaired) electrons. The summed E-state index contributed by atoms with van der Waals surface area (Å²) in [5.74, 6) is -0.975. The predicted molar refractivity (Wildman–Crippen MR) is 156 cm³/mol. The van der Waals surface area contributed by atoms with E-state index in [1.807, 2.05) is 30.3 Å². The Kier molecular flexibility index (Phi) is 8.11. The van der Waals surface area contributed by atoms with E-state index in [0.29, 0.717) is 12.1 Å². The van der Waals surface area contributed by atoms with E-state index in [1.54, 1.807) is 34.9 Å². The summed E-state index contributed by atoms with van der Waals surface area (Å²) in [6, 6.07) is 16.6. The summed E-state index contributed by atoms with van der Waals surface area (Å²) < 4.78 is 44.7. The van der Waals surface area contributed by atoms with Crippen molar-refractivity contribution < 1.29 is 32.2 Å². The van der Waals surface area contributed by atoms with Gasteiger partial charge in [-0.2, -0.15) is 0 Å². The summed E-state index contributed by atoms with van der Waals surface area (Å²) in [5.41, 5.74) is 7.08. The lowest BCUT2D eigenvalue weighted by molar-refractivity contribution is -0.142. The fraction of sp³-hybridized carbons (Fsp3) is 0.296. The second kappa shape index (κ2) is 12.1. The van der Waals surface area contributed by atoms with Crippen LogP contribution < -0.4 is 26.4 Å². The van der Waals surface area contributed by atoms with E-state index < -0.39 is 58.8 Å². The average molecular weight is 624 g/mol. The zero-order chi connectivity index (χ0) is 30.8. The largest absolute Gasteiger partial charge is 0.352 e. The standard InChI is InChI=1S/C27H29N9O7S/c28-26(37)30-12-18-21-22(43-19(42-21)11-16-7-3-1-4-8-16)25(41-18)35-14-33-20-23(35)31-13-32-24(20)36(15-44(29,39)40)27(38)34-17-9-5-2-6-10-17/h1-10,13-14,18-19,21-22,25H,11-12,15H2,(H,34,38)(H3,28,30,37)(H2,29,39,40)/t18-,19?,21-,22-,25-/m1/s1. The molecule has 0 spiro atoms. The smallest absolute Gasteiger partial charge is 0.328 e. The van der Waals surface area contributed by atoms with Crippen molar-refractivity contribution in [2.24, 2.45) is 10.9 Å². The van der Waals surface area contributed by atoms with E-state index in [9.17, 15) is 18.0 Å². The first-order valence-corrected chi connectivity index (χ1v) is 15.2. The van der Waals surface area contributed by atoms with Gasteiger partial charge in [-0.25, -0.2) is 38.1 Å². The summed E-state index contributed by atoms with van der Waals surface area (Å²) in [6.45, 7) is 0.0586. The van der Waals surface area contributed by atoms with Gasteiger partial charge in [0.1, 0.15) is 30.5 Å². The fourth-order valence-electron chi connectivity index (χ4n) is 5.22. The number of primary sulfonamides is 1. The number of para-hydroxylation sites is 1. The number of hydrogen-bond acceptors (Lipinski definition) is 10. The number of amides is 4. The average Bonchev–Trinajstić information content (AvgIpc) is 3.69. The van der Waals surface area contributed by atoms with Crippen LogP contribution in [0.3, 0.4) is 0 Å². The van der Waals surface area contributed by atoms with Crippen LogP contribution in [0.5, 0.6) is 0 Å². The van der Waals surface area contributed by atoms with Crippen LogP contribution in [-0.4, -0.2) is 77.0 Å². The van der Waals surface area contributed by atoms with Crippen LogP contribution in [0.15, 0.2) is 73.3 Å². The van der Waals surface area contributed by atoms with Gasteiger partial charge in [-0.05, 0) is 17.7 Å². The Hall–Kier alpha value is -4.68. The number of ether oxygens (including phenoxy) is 3. The van der Waals surface area contributed by atoms with E-state index in [4.69, 9.17) is 25.1 Å². The van der Waals surface area contributed by atoms with Gasteiger partial charge in [0, 0.05) is 18.7 Å². The number of nitrogens with one attached hydrogen (secondary N) is 2. The van der Waals surface area contributed by atoms with Gasteiger partial charge in [0.05, 0.1) is 6.33 Å². The molecule has 4 heterocycles. The monoisotopic (exact) mass is 623 g/mol. The molecule has 17 heteroatoms. The van der Waals surface area contributed by atoms with Crippen LogP contribution in [0.1, 0.15) is 11.8 Å². The lowest BCUT2D eigenvalue weighted by Gasteiger charge is -2.22. The van der Waals surface area contributed by atoms with E-state index in [2.05, 4.69) is 25.6 Å². The molecule has 4 aromatic rings. The normalized spacial score (nSPS) is 22.9. The van der Waals surface area contributed by atoms with Gasteiger partial charge in [-0.15, -0.1) is 0 Å². The number of urea groups is 2. The van der Waals surface area contributed by atoms with Crippen molar-refractivity contribution in [1.29, 1.82) is 0 Å². The van der Waals surface area contributed by atoms with E-state index in [0.717, 1.165) is 10.5 Å². The minimum Gasteiger partial charge on any atom is -0.352 e. The molecule has 2 fully saturated rings. The van der Waals surface area contributed by atoms with Crippen molar-refractivity contribution in [2.45, 2.75) is 37.3 Å². The lowest BCUT2D eigenvalue weighted by Crippen LogP contribution is -2.41. The highest BCUT2D eigenvalue weighted by atomic mass is 32.2. The molecule has 5 atom stereocenters. The third-order valence-corrected chi connectivity index (χ3v) is 7.69. The number of rotatable bonds is 9. The molecule has 0 bridgehead atoms. The molecule has 4 amide bonds. The van der Waals surface area contributed by atoms with Gasteiger partial charge < -0.3 is 30.6 Å². The summed E-state index contributed by atoms with van der Waals surface area (Å²) >= 11 is 0. The van der Waals surface area contributed by atoms with Gasteiger partial charge in [0.2, 0.25) is 10.0 Å². The van der Waals surface area contributed by atoms with Crippen molar-refractivity contribution in [2.75, 3.05) is 22.6 Å². The Morgan fingerprint density at radius 2 is 1.66 bits per heavy atom. The number of benzene rings is 2. The SMILES string of the molecule is NC(=O)NC[C@H]1O[C@@H](n2cnc3c(N(CS(N)(=O)=O)C(=O)Nc4ccccc4)ncnc32)[C@@H]2OC(Cc3ccccc3)O[C@@H]21. The maximum Gasteiger partial charge on any atom is 0.328 e. The highest BCUT2D eigenvalue weighted by Crippen LogP contribution is 2.41. The number of hydrogen-bond donors (Lipinski definition) is 4. The number of primary amides is 1. The topological polar surface area (TPSA) is 219 Å². The third-order valence-electron chi connectivity index (χ3n) is 7.07. The molecule has 44 heavy (non-hydrogen) atoms. The van der Waals surface area contributed by atoms with Gasteiger partial charge in [0.15, 0.2) is 29.5 Å². The highest BCUT2D eigenvalue weighted by molar-refractivity contribution is 7.89. The van der Waals surface area contributed by atoms with Crippen molar-refractivity contribution in [3.8, 4) is 0 Å². The van der Waals surface area contributed by atoms with E-state index in [1.165, 1.54) is 12.7 Å². The molecule has 230 valence electrons. The van der Waals surface area contributed by atoms with Crippen molar-refractivity contribution in [3.05, 3.63) is 78.9 Å². The van der Waals surface area contributed by atoms with Gasteiger partial charge in [0.25, 0.3) is 0 Å². The molecular formula is C27H29N9O7S. The number of carbonyl (C=O) groups excluding carboxylic acids is 2. The molecule has 2 aliphatic heterocycles. The van der Waals surface area contributed by atoms with Crippen molar-refractivity contribution >= 4 is 44.8 Å². The summed E-state index contributed by atoms with van der Waals surface area (Å²) in [7, 11) is -4.19. The number of sulfonamides is 1. The minimum absolute atomic E-state index is 0.0586. The first-order chi connectivity index (χ1) is 21.2. The third kappa shape index (κ3) is 6.31. The van der Waals surface area contributed by atoms with Gasteiger partial charge in [-0.1, -0.05) is 48.5 Å². The summed E-state index contributed by atoms with van der Waals surface area (Å²) in [4.78, 5) is 38.6. The Morgan fingerprint density at radius 1 is 0.955 bits per heavy atom. The highest BCUT2D eigenvalue weighted by Gasteiger charge is 2.53. The number of imidazole rings is 1. The molecule has 2 aliphatic rings. The van der Waals surface area contributed by atoms with Crippen LogP contribution in [0.4, 0.5) is 21.1 Å². The molecule has 0 saturated carbocycles. The van der Waals surface area contributed by atoms with Crippen LogP contribution in [0.25, 0.3) is 11.2 Å². The second-order valence-electron chi connectivity index (χ2n) is 10.2. The Balaban J connectivity index is 1.32. The molecule has 1 unspecified atom stereocenters. The molecule has 0 aliphatic carbocycles. The fourth-order valence-corrected chi connectivity index (χ4v) is 5.82. The maximum atomic E-state index is 13.3. The summed E-state index contributed by atoms with van der Waals surface area (Å²) in [5, 5.41) is 10.5. The van der Waals surface area contributed by atoms with Crippen molar-refractivity contribution in [3.63, 3.8) is 0 Å². The van der Waals surface area contributed by atoms with Crippen LogP contribution in [0, 0.1) is 0 Å². The van der Waals surface area contributed by atoms with Crippen LogP contribution in [-0.2, 0) is 30.7 Å². The molecular weight excluding hydrogens is 594 g/mol. The molecule has 2 saturated heterocycles. The molecule has 6 rings (SSSR count).